The summed E-state index contributed by atoms with van der Waals surface area (Å²) in [6, 6.07) is 10.1. The van der Waals surface area contributed by atoms with E-state index in [-0.39, 0.29) is 5.92 Å². The third-order valence-corrected chi connectivity index (χ3v) is 3.54. The van der Waals surface area contributed by atoms with Crippen molar-refractivity contribution in [2.45, 2.75) is 25.8 Å². The maximum absolute atomic E-state index is 11.0. The molecule has 0 aromatic heterocycles. The maximum Gasteiger partial charge on any atom is 0.307 e. The van der Waals surface area contributed by atoms with Crippen molar-refractivity contribution in [2.75, 3.05) is 13.1 Å². The van der Waals surface area contributed by atoms with Gasteiger partial charge in [-0.15, -0.1) is 0 Å². The maximum atomic E-state index is 11.0. The Labute approximate surface area is 113 Å². The predicted molar refractivity (Wildman–Crippen MR) is 71.4 cm³/mol. The van der Waals surface area contributed by atoms with Gasteiger partial charge in [-0.2, -0.15) is 5.26 Å². The van der Waals surface area contributed by atoms with Gasteiger partial charge in [0.2, 0.25) is 0 Å². The number of carboxylic acid groups (broad SMARTS) is 1. The van der Waals surface area contributed by atoms with Gasteiger partial charge in [-0.1, -0.05) is 24.3 Å². The number of benzene rings is 1. The second kappa shape index (κ2) is 6.35. The van der Waals surface area contributed by atoms with Gasteiger partial charge >= 0.3 is 5.97 Å². The molecule has 1 heterocycles. The molecule has 0 bridgehead atoms. The van der Waals surface area contributed by atoms with E-state index >= 15 is 0 Å². The van der Waals surface area contributed by atoms with Crippen LogP contribution < -0.4 is 0 Å². The molecule has 1 unspecified atom stereocenters. The van der Waals surface area contributed by atoms with Crippen LogP contribution in [0.1, 0.15) is 24.0 Å². The summed E-state index contributed by atoms with van der Waals surface area (Å²) >= 11 is 0. The Bertz CT molecular complexity index is 493. The number of hydrogen-bond donors (Lipinski definition) is 1. The molecule has 0 amide bonds. The number of hydrogen-bond acceptors (Lipinski definition) is 3. The van der Waals surface area contributed by atoms with Crippen molar-refractivity contribution in [3.05, 3.63) is 35.4 Å². The van der Waals surface area contributed by atoms with Crippen LogP contribution in [0.4, 0.5) is 0 Å². The van der Waals surface area contributed by atoms with Crippen molar-refractivity contribution in [3.63, 3.8) is 0 Å². The lowest BCUT2D eigenvalue weighted by atomic mass is 9.97. The molecule has 0 spiro atoms. The van der Waals surface area contributed by atoms with E-state index in [0.29, 0.717) is 13.0 Å². The van der Waals surface area contributed by atoms with E-state index in [4.69, 9.17) is 10.4 Å². The zero-order valence-electron chi connectivity index (χ0n) is 10.9. The standard InChI is InChI=1S/C15H18N2O2/c16-7-6-12-3-1-4-13(9-12)10-17-8-2-5-14(11-17)15(18)19/h1,3-4,9,14H,2,5-6,8,10-11H2,(H,18,19). The number of aliphatic carboxylic acids is 1. The zero-order valence-corrected chi connectivity index (χ0v) is 10.9. The molecule has 19 heavy (non-hydrogen) atoms. The Hall–Kier alpha value is -1.86. The Kier molecular flexibility index (Phi) is 4.53. The van der Waals surface area contributed by atoms with Crippen molar-refractivity contribution in [3.8, 4) is 6.07 Å². The summed E-state index contributed by atoms with van der Waals surface area (Å²) in [6.45, 7) is 2.34. The van der Waals surface area contributed by atoms with Gasteiger partial charge in [0.05, 0.1) is 18.4 Å². The molecule has 1 aliphatic rings. The van der Waals surface area contributed by atoms with E-state index in [9.17, 15) is 4.79 Å². The smallest absolute Gasteiger partial charge is 0.307 e. The van der Waals surface area contributed by atoms with Crippen LogP contribution in [0.5, 0.6) is 0 Å². The van der Waals surface area contributed by atoms with Crippen molar-refractivity contribution in [2.24, 2.45) is 5.92 Å². The minimum absolute atomic E-state index is 0.240. The van der Waals surface area contributed by atoms with Crippen LogP contribution in [-0.2, 0) is 17.8 Å². The van der Waals surface area contributed by atoms with Crippen molar-refractivity contribution in [1.82, 2.24) is 4.90 Å². The summed E-state index contributed by atoms with van der Waals surface area (Å²) in [7, 11) is 0. The molecule has 1 N–H and O–H groups in total. The number of piperidine rings is 1. The van der Waals surface area contributed by atoms with Crippen LogP contribution in [0.2, 0.25) is 0 Å². The quantitative estimate of drug-likeness (QED) is 0.897. The topological polar surface area (TPSA) is 64.3 Å². The predicted octanol–water partition coefficient (Wildman–Crippen LogP) is 2.05. The molecule has 1 fully saturated rings. The highest BCUT2D eigenvalue weighted by Crippen LogP contribution is 2.19. The zero-order chi connectivity index (χ0) is 13.7. The monoisotopic (exact) mass is 258 g/mol. The molecule has 1 saturated heterocycles. The van der Waals surface area contributed by atoms with E-state index < -0.39 is 5.97 Å². The van der Waals surface area contributed by atoms with E-state index in [2.05, 4.69) is 11.0 Å². The fourth-order valence-electron chi connectivity index (χ4n) is 2.59. The molecule has 1 aromatic carbocycles. The van der Waals surface area contributed by atoms with Crippen molar-refractivity contribution >= 4 is 5.97 Å². The van der Waals surface area contributed by atoms with Gasteiger partial charge in [0.1, 0.15) is 0 Å². The first-order chi connectivity index (χ1) is 9.19. The van der Waals surface area contributed by atoms with Gasteiger partial charge in [-0.3, -0.25) is 9.69 Å². The average molecular weight is 258 g/mol. The number of nitrogens with zero attached hydrogens (tertiary/aromatic N) is 2. The molecule has 1 atom stereocenters. The minimum atomic E-state index is -0.692. The van der Waals surface area contributed by atoms with Crippen molar-refractivity contribution < 1.29 is 9.90 Å². The second-order valence-electron chi connectivity index (χ2n) is 5.07. The van der Waals surface area contributed by atoms with E-state index in [1.807, 2.05) is 24.3 Å². The molecule has 4 nitrogen and oxygen atoms in total. The summed E-state index contributed by atoms with van der Waals surface area (Å²) < 4.78 is 0. The van der Waals surface area contributed by atoms with E-state index in [0.717, 1.165) is 37.1 Å². The van der Waals surface area contributed by atoms with Crippen LogP contribution in [0, 0.1) is 17.2 Å². The number of rotatable bonds is 4. The molecule has 0 radical (unpaired) electrons. The first-order valence-corrected chi connectivity index (χ1v) is 6.59. The van der Waals surface area contributed by atoms with Gasteiger partial charge in [0.25, 0.3) is 0 Å². The Morgan fingerprint density at radius 3 is 3.00 bits per heavy atom. The lowest BCUT2D eigenvalue weighted by Crippen LogP contribution is -2.38. The van der Waals surface area contributed by atoms with E-state index in [1.165, 1.54) is 0 Å². The molecule has 1 aromatic rings. The third kappa shape index (κ3) is 3.80. The lowest BCUT2D eigenvalue weighted by molar-refractivity contribution is -0.143. The number of carboxylic acids is 1. The molecule has 0 aliphatic carbocycles. The summed E-state index contributed by atoms with van der Waals surface area (Å²) in [5.41, 5.74) is 2.17. The van der Waals surface area contributed by atoms with Gasteiger partial charge in [-0.05, 0) is 30.5 Å². The van der Waals surface area contributed by atoms with Crippen molar-refractivity contribution in [1.29, 1.82) is 5.26 Å². The summed E-state index contributed by atoms with van der Waals surface area (Å²) in [4.78, 5) is 13.2. The summed E-state index contributed by atoms with van der Waals surface area (Å²) in [5.74, 6) is -0.932. The molecule has 100 valence electrons. The second-order valence-corrected chi connectivity index (χ2v) is 5.07. The van der Waals surface area contributed by atoms with Crippen LogP contribution in [0.25, 0.3) is 0 Å². The first kappa shape index (κ1) is 13.6. The molecule has 2 rings (SSSR count). The fraction of sp³-hybridized carbons (Fsp3) is 0.467. The summed E-state index contributed by atoms with van der Waals surface area (Å²) in [5, 5.41) is 17.8. The largest absolute Gasteiger partial charge is 0.481 e. The Balaban J connectivity index is 1.98. The SMILES string of the molecule is N#CCc1cccc(CN2CCCC(C(=O)O)C2)c1. The molecule has 4 heteroatoms. The minimum Gasteiger partial charge on any atom is -0.481 e. The molecular weight excluding hydrogens is 240 g/mol. The van der Waals surface area contributed by atoms with Crippen LogP contribution >= 0.6 is 0 Å². The fourth-order valence-corrected chi connectivity index (χ4v) is 2.59. The third-order valence-electron chi connectivity index (χ3n) is 3.54. The van der Waals surface area contributed by atoms with Gasteiger partial charge in [-0.25, -0.2) is 0 Å². The number of carbonyl (C=O) groups is 1. The van der Waals surface area contributed by atoms with Crippen LogP contribution in [0.3, 0.4) is 0 Å². The van der Waals surface area contributed by atoms with E-state index in [1.54, 1.807) is 0 Å². The lowest BCUT2D eigenvalue weighted by Gasteiger charge is -2.30. The van der Waals surface area contributed by atoms with Gasteiger partial charge in [0.15, 0.2) is 0 Å². The Morgan fingerprint density at radius 1 is 1.47 bits per heavy atom. The van der Waals surface area contributed by atoms with Crippen LogP contribution in [0.15, 0.2) is 24.3 Å². The highest BCUT2D eigenvalue weighted by Gasteiger charge is 2.25. The van der Waals surface area contributed by atoms with Gasteiger partial charge < -0.3 is 5.11 Å². The summed E-state index contributed by atoms with van der Waals surface area (Å²) in [6.07, 6.45) is 2.14. The highest BCUT2D eigenvalue weighted by molar-refractivity contribution is 5.70. The number of nitriles is 1. The number of likely N-dealkylation sites (tertiary alicyclic amines) is 1. The normalized spacial score (nSPS) is 19.8. The van der Waals surface area contributed by atoms with Crippen LogP contribution in [-0.4, -0.2) is 29.1 Å². The molecule has 1 aliphatic heterocycles. The Morgan fingerprint density at radius 2 is 2.26 bits per heavy atom. The average Bonchev–Trinajstić information content (AvgIpc) is 2.40. The first-order valence-electron chi connectivity index (χ1n) is 6.59. The van der Waals surface area contributed by atoms with Gasteiger partial charge in [0, 0.05) is 13.1 Å². The highest BCUT2D eigenvalue weighted by atomic mass is 16.4. The molecular formula is C15H18N2O2. The molecule has 0 saturated carbocycles.